The molecule has 3 rings (SSSR count). The number of urea groups is 2. The lowest BCUT2D eigenvalue weighted by Crippen LogP contribution is -2.21. The fraction of sp³-hybridized carbons (Fsp3) is 0. The van der Waals surface area contributed by atoms with Crippen LogP contribution in [0.4, 0.5) is 32.3 Å². The summed E-state index contributed by atoms with van der Waals surface area (Å²) < 4.78 is 0. The molecule has 4 amide bonds. The fourth-order valence-corrected chi connectivity index (χ4v) is 3.79. The van der Waals surface area contributed by atoms with Crippen LogP contribution in [0.1, 0.15) is 10.4 Å². The van der Waals surface area contributed by atoms with Crippen LogP contribution in [0.2, 0.25) is 20.1 Å². The van der Waals surface area contributed by atoms with Gasteiger partial charge in [0.1, 0.15) is 0 Å². The summed E-state index contributed by atoms with van der Waals surface area (Å²) >= 11 is 23.6. The Hall–Kier alpha value is -3.17. The first kappa shape index (κ1) is 24.5. The molecule has 0 aliphatic heterocycles. The number of hydrogen-bond acceptors (Lipinski definition) is 3. The zero-order valence-electron chi connectivity index (χ0n) is 16.4. The van der Waals surface area contributed by atoms with Crippen molar-refractivity contribution in [3.8, 4) is 0 Å². The van der Waals surface area contributed by atoms with Crippen molar-refractivity contribution in [1.82, 2.24) is 0 Å². The number of halogens is 4. The molecule has 0 atom stereocenters. The van der Waals surface area contributed by atoms with Crippen molar-refractivity contribution in [1.29, 1.82) is 0 Å². The van der Waals surface area contributed by atoms with Gasteiger partial charge in [-0.05, 0) is 54.6 Å². The highest BCUT2D eigenvalue weighted by Crippen LogP contribution is 2.25. The van der Waals surface area contributed by atoms with Gasteiger partial charge >= 0.3 is 18.0 Å². The van der Waals surface area contributed by atoms with Crippen LogP contribution in [0.15, 0.2) is 54.6 Å². The highest BCUT2D eigenvalue weighted by Gasteiger charge is 2.12. The Morgan fingerprint density at radius 2 is 0.818 bits per heavy atom. The minimum atomic E-state index is -1.26. The van der Waals surface area contributed by atoms with E-state index in [0.717, 1.165) is 0 Å². The molecule has 0 fully saturated rings. The van der Waals surface area contributed by atoms with E-state index in [1.807, 2.05) is 0 Å². The molecule has 0 aliphatic carbocycles. The molecular formula is C21H14Cl4N4O4. The molecule has 0 spiro atoms. The monoisotopic (exact) mass is 526 g/mol. The van der Waals surface area contributed by atoms with Gasteiger partial charge in [0, 0.05) is 42.8 Å². The Kier molecular flexibility index (Phi) is 7.88. The number of carboxylic acids is 1. The van der Waals surface area contributed by atoms with E-state index < -0.39 is 18.0 Å². The molecule has 5 N–H and O–H groups in total. The average molecular weight is 528 g/mol. The van der Waals surface area contributed by atoms with Gasteiger partial charge in [-0.2, -0.15) is 0 Å². The molecule has 3 aromatic carbocycles. The lowest BCUT2D eigenvalue weighted by atomic mass is 10.1. The van der Waals surface area contributed by atoms with Crippen molar-refractivity contribution in [3.63, 3.8) is 0 Å². The van der Waals surface area contributed by atoms with Crippen LogP contribution < -0.4 is 21.3 Å². The maximum absolute atomic E-state index is 12.3. The van der Waals surface area contributed by atoms with Crippen LogP contribution in [0.5, 0.6) is 0 Å². The van der Waals surface area contributed by atoms with Crippen molar-refractivity contribution in [2.75, 3.05) is 21.3 Å². The minimum Gasteiger partial charge on any atom is -0.478 e. The summed E-state index contributed by atoms with van der Waals surface area (Å²) in [5.41, 5.74) is 0.720. The van der Waals surface area contributed by atoms with Gasteiger partial charge in [-0.3, -0.25) is 0 Å². The topological polar surface area (TPSA) is 120 Å². The van der Waals surface area contributed by atoms with Crippen molar-refractivity contribution in [3.05, 3.63) is 80.3 Å². The van der Waals surface area contributed by atoms with Crippen LogP contribution in [0.25, 0.3) is 0 Å². The number of hydrogen-bond donors (Lipinski definition) is 5. The first-order valence-corrected chi connectivity index (χ1v) is 10.5. The fourth-order valence-electron chi connectivity index (χ4n) is 2.73. The summed E-state index contributed by atoms with van der Waals surface area (Å²) in [5.74, 6) is -1.26. The molecule has 0 saturated heterocycles. The third-order valence-electron chi connectivity index (χ3n) is 3.94. The molecular weight excluding hydrogens is 514 g/mol. The number of carbonyl (C=O) groups is 3. The third kappa shape index (κ3) is 7.44. The van der Waals surface area contributed by atoms with Gasteiger partial charge in [0.25, 0.3) is 0 Å². The van der Waals surface area contributed by atoms with Gasteiger partial charge in [-0.15, -0.1) is 0 Å². The summed E-state index contributed by atoms with van der Waals surface area (Å²) in [5, 5.41) is 20.7. The molecule has 0 aromatic heterocycles. The van der Waals surface area contributed by atoms with Gasteiger partial charge in [-0.25, -0.2) is 14.4 Å². The van der Waals surface area contributed by atoms with Crippen LogP contribution in [-0.2, 0) is 0 Å². The van der Waals surface area contributed by atoms with Crippen molar-refractivity contribution in [2.45, 2.75) is 0 Å². The highest BCUT2D eigenvalue weighted by atomic mass is 35.5. The molecule has 170 valence electrons. The van der Waals surface area contributed by atoms with Crippen molar-refractivity contribution in [2.24, 2.45) is 0 Å². The number of carbonyl (C=O) groups excluding carboxylic acids is 2. The molecule has 0 heterocycles. The van der Waals surface area contributed by atoms with E-state index in [1.54, 1.807) is 0 Å². The molecule has 0 saturated carbocycles. The Morgan fingerprint density at radius 3 is 1.12 bits per heavy atom. The quantitative estimate of drug-likeness (QED) is 0.239. The maximum Gasteiger partial charge on any atom is 0.335 e. The van der Waals surface area contributed by atoms with Gasteiger partial charge < -0.3 is 26.4 Å². The van der Waals surface area contributed by atoms with Gasteiger partial charge in [0.05, 0.1) is 5.56 Å². The summed E-state index contributed by atoms with van der Waals surface area (Å²) in [6, 6.07) is 11.4. The van der Waals surface area contributed by atoms with Crippen LogP contribution in [0, 0.1) is 0 Å². The van der Waals surface area contributed by atoms with E-state index in [2.05, 4.69) is 21.3 Å². The van der Waals surface area contributed by atoms with Crippen molar-refractivity contribution >= 4 is 87.2 Å². The second-order valence-corrected chi connectivity index (χ2v) is 8.32. The summed E-state index contributed by atoms with van der Waals surface area (Å²) in [7, 11) is 0. The highest BCUT2D eigenvalue weighted by molar-refractivity contribution is 6.35. The van der Waals surface area contributed by atoms with Crippen LogP contribution in [-0.4, -0.2) is 23.1 Å². The number of nitrogens with one attached hydrogen (secondary N) is 4. The van der Waals surface area contributed by atoms with Gasteiger partial charge in [0.15, 0.2) is 0 Å². The zero-order valence-corrected chi connectivity index (χ0v) is 19.4. The smallest absolute Gasteiger partial charge is 0.335 e. The number of carboxylic acid groups (broad SMARTS) is 1. The molecule has 33 heavy (non-hydrogen) atoms. The molecule has 3 aromatic rings. The van der Waals surface area contributed by atoms with E-state index in [4.69, 9.17) is 46.4 Å². The van der Waals surface area contributed by atoms with E-state index >= 15 is 0 Å². The predicted octanol–water partition coefficient (Wildman–Crippen LogP) is 7.29. The van der Waals surface area contributed by atoms with Crippen molar-refractivity contribution < 1.29 is 19.5 Å². The summed E-state index contributed by atoms with van der Waals surface area (Å²) in [6.45, 7) is 0. The summed E-state index contributed by atoms with van der Waals surface area (Å²) in [4.78, 5) is 36.2. The lowest BCUT2D eigenvalue weighted by molar-refractivity contribution is 0.0697. The molecule has 0 aliphatic rings. The first-order valence-electron chi connectivity index (χ1n) is 9.04. The predicted molar refractivity (Wildman–Crippen MR) is 132 cm³/mol. The van der Waals surface area contributed by atoms with Crippen LogP contribution in [0.3, 0.4) is 0 Å². The molecule has 0 unspecified atom stereocenters. The van der Waals surface area contributed by atoms with E-state index in [9.17, 15) is 19.5 Å². The number of benzene rings is 3. The Labute approximate surface area is 207 Å². The van der Waals surface area contributed by atoms with Gasteiger partial charge in [0.2, 0.25) is 0 Å². The molecule has 8 nitrogen and oxygen atoms in total. The Bertz CT molecular complexity index is 1130. The Balaban J connectivity index is 1.75. The lowest BCUT2D eigenvalue weighted by Gasteiger charge is -2.12. The van der Waals surface area contributed by atoms with Gasteiger partial charge in [-0.1, -0.05) is 46.4 Å². The number of rotatable bonds is 5. The van der Waals surface area contributed by atoms with Crippen LogP contribution >= 0.6 is 46.4 Å². The second kappa shape index (κ2) is 10.6. The second-order valence-electron chi connectivity index (χ2n) is 6.58. The molecule has 0 radical (unpaired) electrons. The molecule has 12 heteroatoms. The summed E-state index contributed by atoms with van der Waals surface area (Å²) in [6.07, 6.45) is 0. The number of aromatic carboxylic acids is 1. The minimum absolute atomic E-state index is 0.113. The van der Waals surface area contributed by atoms with E-state index in [1.165, 1.54) is 54.6 Å². The SMILES string of the molecule is O=C(Nc1cc(Cl)cc(Cl)c1)Nc1cc(NC(=O)Nc2cc(Cl)cc(Cl)c2)cc(C(=O)O)c1. The number of anilines is 4. The normalized spacial score (nSPS) is 10.3. The number of amides is 4. The molecule has 0 bridgehead atoms. The Morgan fingerprint density at radius 1 is 0.515 bits per heavy atom. The average Bonchev–Trinajstić information content (AvgIpc) is 2.65. The first-order chi connectivity index (χ1) is 15.6. The standard InChI is InChI=1S/C21H14Cl4N4O4/c22-11-3-12(23)6-17(5-11)28-20(32)26-15-1-10(19(30)31)2-16(9-15)27-21(33)29-18-7-13(24)4-14(25)8-18/h1-9H,(H,30,31)(H2,26,28,32)(H2,27,29,33). The third-order valence-corrected chi connectivity index (χ3v) is 4.81. The maximum atomic E-state index is 12.3. The van der Waals surface area contributed by atoms with E-state index in [0.29, 0.717) is 31.5 Å². The van der Waals surface area contributed by atoms with E-state index in [-0.39, 0.29) is 16.9 Å². The zero-order chi connectivity index (χ0) is 24.1. The largest absolute Gasteiger partial charge is 0.478 e.